The lowest BCUT2D eigenvalue weighted by molar-refractivity contribution is 0.0391. The molecule has 3 unspecified atom stereocenters. The summed E-state index contributed by atoms with van der Waals surface area (Å²) in [4.78, 5) is 2.72. The maximum absolute atomic E-state index is 5.93. The van der Waals surface area contributed by atoms with Gasteiger partial charge < -0.3 is 5.73 Å². The first-order valence-corrected chi connectivity index (χ1v) is 8.24. The summed E-state index contributed by atoms with van der Waals surface area (Å²) in [7, 11) is 0. The molecule has 114 valence electrons. The Balaban J connectivity index is 2.79. The van der Waals surface area contributed by atoms with Crippen molar-refractivity contribution >= 4 is 0 Å². The molecule has 2 heteroatoms. The van der Waals surface area contributed by atoms with Crippen LogP contribution in [-0.2, 0) is 0 Å². The number of nitrogens with two attached hydrogens (primary N) is 1. The fourth-order valence-corrected chi connectivity index (χ4v) is 3.65. The van der Waals surface area contributed by atoms with Gasteiger partial charge in [-0.05, 0) is 49.1 Å². The van der Waals surface area contributed by atoms with E-state index in [1.165, 1.54) is 19.3 Å². The standard InChI is InChI=1S/C17H36N2/c1-7-19(12-17(5,6)11-18)16-10-14(4)8-9-15(16)13(2)3/h13-16H,7-12,18H2,1-6H3. The predicted octanol–water partition coefficient (Wildman–Crippen LogP) is 3.75. The summed E-state index contributed by atoms with van der Waals surface area (Å²) in [5.41, 5.74) is 6.17. The van der Waals surface area contributed by atoms with E-state index in [1.54, 1.807) is 0 Å². The van der Waals surface area contributed by atoms with E-state index in [9.17, 15) is 0 Å². The SMILES string of the molecule is CCN(CC(C)(C)CN)C1CC(C)CCC1C(C)C. The van der Waals surface area contributed by atoms with Gasteiger partial charge in [0.05, 0.1) is 0 Å². The first kappa shape index (κ1) is 17.0. The first-order valence-electron chi connectivity index (χ1n) is 8.24. The summed E-state index contributed by atoms with van der Waals surface area (Å²) in [5, 5.41) is 0. The maximum Gasteiger partial charge on any atom is 0.0129 e. The molecule has 0 aliphatic heterocycles. The Morgan fingerprint density at radius 3 is 2.37 bits per heavy atom. The molecule has 0 spiro atoms. The van der Waals surface area contributed by atoms with Gasteiger partial charge in [0.15, 0.2) is 0 Å². The van der Waals surface area contributed by atoms with Gasteiger partial charge in [-0.1, -0.05) is 48.0 Å². The van der Waals surface area contributed by atoms with E-state index >= 15 is 0 Å². The Kier molecular flexibility index (Phi) is 6.32. The van der Waals surface area contributed by atoms with Gasteiger partial charge in [0, 0.05) is 12.6 Å². The topological polar surface area (TPSA) is 29.3 Å². The molecular formula is C17H36N2. The number of hydrogen-bond acceptors (Lipinski definition) is 2. The molecule has 19 heavy (non-hydrogen) atoms. The monoisotopic (exact) mass is 268 g/mol. The molecule has 1 saturated carbocycles. The molecule has 0 saturated heterocycles. The van der Waals surface area contributed by atoms with Crippen molar-refractivity contribution in [3.05, 3.63) is 0 Å². The van der Waals surface area contributed by atoms with Gasteiger partial charge in [-0.15, -0.1) is 0 Å². The van der Waals surface area contributed by atoms with E-state index in [1.807, 2.05) is 0 Å². The summed E-state index contributed by atoms with van der Waals surface area (Å²) in [6.07, 6.45) is 4.19. The third-order valence-electron chi connectivity index (χ3n) is 5.05. The quantitative estimate of drug-likeness (QED) is 0.795. The Labute approximate surface area is 121 Å². The molecule has 1 rings (SSSR count). The lowest BCUT2D eigenvalue weighted by atomic mass is 9.73. The van der Waals surface area contributed by atoms with E-state index in [-0.39, 0.29) is 5.41 Å². The number of nitrogens with zero attached hydrogens (tertiary/aromatic N) is 1. The van der Waals surface area contributed by atoms with Gasteiger partial charge in [0.2, 0.25) is 0 Å². The summed E-state index contributed by atoms with van der Waals surface area (Å²) in [5.74, 6) is 2.55. The summed E-state index contributed by atoms with van der Waals surface area (Å²) in [6, 6.07) is 0.763. The first-order chi connectivity index (χ1) is 8.80. The molecule has 0 aromatic heterocycles. The Hall–Kier alpha value is -0.0800. The molecule has 0 heterocycles. The van der Waals surface area contributed by atoms with Crippen molar-refractivity contribution in [2.75, 3.05) is 19.6 Å². The van der Waals surface area contributed by atoms with Crippen LogP contribution in [0.4, 0.5) is 0 Å². The predicted molar refractivity (Wildman–Crippen MR) is 85.2 cm³/mol. The second kappa shape index (κ2) is 7.08. The van der Waals surface area contributed by atoms with Crippen LogP contribution in [0.5, 0.6) is 0 Å². The molecule has 0 amide bonds. The van der Waals surface area contributed by atoms with E-state index in [4.69, 9.17) is 5.73 Å². The third-order valence-corrected chi connectivity index (χ3v) is 5.05. The van der Waals surface area contributed by atoms with Gasteiger partial charge in [0.25, 0.3) is 0 Å². The lowest BCUT2D eigenvalue weighted by Gasteiger charge is -2.46. The Morgan fingerprint density at radius 2 is 1.89 bits per heavy atom. The molecule has 1 aliphatic carbocycles. The van der Waals surface area contributed by atoms with Crippen molar-refractivity contribution in [1.82, 2.24) is 4.90 Å². The molecule has 1 fully saturated rings. The van der Waals surface area contributed by atoms with Crippen LogP contribution < -0.4 is 5.73 Å². The Bertz CT molecular complexity index is 260. The molecule has 1 aliphatic rings. The average molecular weight is 268 g/mol. The fraction of sp³-hybridized carbons (Fsp3) is 1.00. The summed E-state index contributed by atoms with van der Waals surface area (Å²) >= 11 is 0. The number of rotatable bonds is 6. The smallest absolute Gasteiger partial charge is 0.0129 e. The summed E-state index contributed by atoms with van der Waals surface area (Å²) < 4.78 is 0. The van der Waals surface area contributed by atoms with Crippen LogP contribution in [0.25, 0.3) is 0 Å². The Morgan fingerprint density at radius 1 is 1.26 bits per heavy atom. The van der Waals surface area contributed by atoms with Crippen molar-refractivity contribution in [3.8, 4) is 0 Å². The molecule has 0 aromatic carbocycles. The number of hydrogen-bond donors (Lipinski definition) is 1. The van der Waals surface area contributed by atoms with E-state index in [0.29, 0.717) is 0 Å². The van der Waals surface area contributed by atoms with Crippen molar-refractivity contribution in [2.45, 2.75) is 66.8 Å². The minimum atomic E-state index is 0.234. The summed E-state index contributed by atoms with van der Waals surface area (Å²) in [6.45, 7) is 17.2. The third kappa shape index (κ3) is 4.75. The highest BCUT2D eigenvalue weighted by Gasteiger charge is 2.35. The van der Waals surface area contributed by atoms with Gasteiger partial charge >= 0.3 is 0 Å². The molecular weight excluding hydrogens is 232 g/mol. The van der Waals surface area contributed by atoms with Crippen LogP contribution in [0.2, 0.25) is 0 Å². The molecule has 0 bridgehead atoms. The van der Waals surface area contributed by atoms with Crippen LogP contribution in [0.1, 0.15) is 60.8 Å². The van der Waals surface area contributed by atoms with Crippen LogP contribution in [0, 0.1) is 23.2 Å². The normalized spacial score (nSPS) is 29.2. The highest BCUT2D eigenvalue weighted by atomic mass is 15.2. The molecule has 0 radical (unpaired) electrons. The molecule has 2 N–H and O–H groups in total. The highest BCUT2D eigenvalue weighted by molar-refractivity contribution is 4.89. The largest absolute Gasteiger partial charge is 0.330 e. The second-order valence-corrected chi connectivity index (χ2v) is 7.82. The van der Waals surface area contributed by atoms with Crippen LogP contribution >= 0.6 is 0 Å². The van der Waals surface area contributed by atoms with Gasteiger partial charge in [-0.3, -0.25) is 4.90 Å². The van der Waals surface area contributed by atoms with Gasteiger partial charge in [0.1, 0.15) is 0 Å². The second-order valence-electron chi connectivity index (χ2n) is 7.82. The van der Waals surface area contributed by atoms with Crippen LogP contribution in [-0.4, -0.2) is 30.6 Å². The van der Waals surface area contributed by atoms with Gasteiger partial charge in [-0.2, -0.15) is 0 Å². The van der Waals surface area contributed by atoms with Crippen LogP contribution in [0.15, 0.2) is 0 Å². The zero-order valence-corrected chi connectivity index (χ0v) is 14.1. The van der Waals surface area contributed by atoms with Gasteiger partial charge in [-0.25, -0.2) is 0 Å². The molecule has 3 atom stereocenters. The molecule has 2 nitrogen and oxygen atoms in total. The maximum atomic E-state index is 5.93. The van der Waals surface area contributed by atoms with Crippen molar-refractivity contribution in [1.29, 1.82) is 0 Å². The van der Waals surface area contributed by atoms with Crippen molar-refractivity contribution in [3.63, 3.8) is 0 Å². The van der Waals surface area contributed by atoms with Crippen molar-refractivity contribution in [2.24, 2.45) is 28.9 Å². The zero-order chi connectivity index (χ0) is 14.6. The molecule has 0 aromatic rings. The minimum absolute atomic E-state index is 0.234. The zero-order valence-electron chi connectivity index (χ0n) is 14.1. The minimum Gasteiger partial charge on any atom is -0.330 e. The lowest BCUT2D eigenvalue weighted by Crippen LogP contribution is -2.50. The van der Waals surface area contributed by atoms with Crippen molar-refractivity contribution < 1.29 is 0 Å². The van der Waals surface area contributed by atoms with E-state index in [2.05, 4.69) is 46.4 Å². The fourth-order valence-electron chi connectivity index (χ4n) is 3.65. The average Bonchev–Trinajstić information content (AvgIpc) is 2.35. The van der Waals surface area contributed by atoms with Crippen LogP contribution in [0.3, 0.4) is 0 Å². The van der Waals surface area contributed by atoms with E-state index < -0.39 is 0 Å². The van der Waals surface area contributed by atoms with E-state index in [0.717, 1.165) is 43.4 Å². The highest BCUT2D eigenvalue weighted by Crippen LogP contribution is 2.37.